The van der Waals surface area contributed by atoms with Crippen LogP contribution in [0.5, 0.6) is 0 Å². The van der Waals surface area contributed by atoms with E-state index in [4.69, 9.17) is 0 Å². The summed E-state index contributed by atoms with van der Waals surface area (Å²) in [4.78, 5) is 19.1. The lowest BCUT2D eigenvalue weighted by atomic mass is 9.94. The van der Waals surface area contributed by atoms with Crippen molar-refractivity contribution in [3.8, 4) is 5.69 Å². The number of nitrogens with zero attached hydrogens (tertiary/aromatic N) is 3. The summed E-state index contributed by atoms with van der Waals surface area (Å²) in [7, 11) is 0. The van der Waals surface area contributed by atoms with Crippen LogP contribution in [0.4, 0.5) is 4.39 Å². The van der Waals surface area contributed by atoms with E-state index in [1.165, 1.54) is 12.1 Å². The number of halogens is 1. The summed E-state index contributed by atoms with van der Waals surface area (Å²) in [6.07, 6.45) is 5.83. The van der Waals surface area contributed by atoms with Crippen LogP contribution >= 0.6 is 0 Å². The minimum Gasteiger partial charge on any atom is -0.338 e. The number of hydrogen-bond donors (Lipinski definition) is 0. The van der Waals surface area contributed by atoms with Crippen molar-refractivity contribution in [2.24, 2.45) is 0 Å². The van der Waals surface area contributed by atoms with Crippen LogP contribution in [0.25, 0.3) is 5.69 Å². The molecule has 3 aromatic rings. The first-order valence-corrected chi connectivity index (χ1v) is 8.85. The zero-order valence-corrected chi connectivity index (χ0v) is 14.4. The molecule has 4 nitrogen and oxygen atoms in total. The van der Waals surface area contributed by atoms with E-state index in [1.54, 1.807) is 12.1 Å². The molecule has 1 unspecified atom stereocenters. The van der Waals surface area contributed by atoms with Crippen molar-refractivity contribution < 1.29 is 9.18 Å². The third-order valence-electron chi connectivity index (χ3n) is 4.87. The molecule has 1 atom stereocenters. The van der Waals surface area contributed by atoms with Gasteiger partial charge in [0.05, 0.1) is 12.0 Å². The number of aromatic nitrogens is 2. The maximum atomic E-state index is 13.1. The average Bonchev–Trinajstić information content (AvgIpc) is 3.19. The third kappa shape index (κ3) is 3.38. The highest BCUT2D eigenvalue weighted by atomic mass is 19.1. The quantitative estimate of drug-likeness (QED) is 0.716. The number of rotatable bonds is 3. The Hall–Kier alpha value is -2.95. The molecule has 2 aromatic carbocycles. The highest BCUT2D eigenvalue weighted by molar-refractivity contribution is 5.94. The number of likely N-dealkylation sites (tertiary alicyclic amines) is 1. The van der Waals surface area contributed by atoms with E-state index < -0.39 is 0 Å². The van der Waals surface area contributed by atoms with Crippen LogP contribution in [-0.4, -0.2) is 33.4 Å². The molecule has 1 aliphatic heterocycles. The number of benzene rings is 2. The molecule has 0 bridgehead atoms. The molecule has 5 heteroatoms. The van der Waals surface area contributed by atoms with Crippen LogP contribution in [0.2, 0.25) is 0 Å². The lowest BCUT2D eigenvalue weighted by Gasteiger charge is -2.32. The van der Waals surface area contributed by atoms with Gasteiger partial charge in [0.1, 0.15) is 5.82 Å². The van der Waals surface area contributed by atoms with Crippen molar-refractivity contribution in [3.63, 3.8) is 0 Å². The van der Waals surface area contributed by atoms with Gasteiger partial charge < -0.3 is 9.47 Å². The Bertz CT molecular complexity index is 889. The fourth-order valence-corrected chi connectivity index (χ4v) is 3.47. The van der Waals surface area contributed by atoms with Gasteiger partial charge in [0.2, 0.25) is 0 Å². The minimum absolute atomic E-state index is 0.0443. The molecule has 0 aliphatic carbocycles. The lowest BCUT2D eigenvalue weighted by Crippen LogP contribution is -2.39. The molecule has 0 radical (unpaired) electrons. The molecule has 0 saturated carbocycles. The van der Waals surface area contributed by atoms with Gasteiger partial charge in [-0.1, -0.05) is 18.2 Å². The maximum absolute atomic E-state index is 13.1. The molecule has 2 heterocycles. The number of carbonyl (C=O) groups excluding carboxylic acids is 1. The highest BCUT2D eigenvalue weighted by Crippen LogP contribution is 2.27. The zero-order valence-electron chi connectivity index (χ0n) is 14.4. The smallest absolute Gasteiger partial charge is 0.253 e. The first-order valence-electron chi connectivity index (χ1n) is 8.85. The predicted octanol–water partition coefficient (Wildman–Crippen LogP) is 4.03. The van der Waals surface area contributed by atoms with E-state index in [1.807, 2.05) is 52.3 Å². The summed E-state index contributed by atoms with van der Waals surface area (Å²) < 4.78 is 15.1. The molecule has 1 amide bonds. The van der Waals surface area contributed by atoms with Crippen LogP contribution in [-0.2, 0) is 0 Å². The number of para-hydroxylation sites is 1. The third-order valence-corrected chi connectivity index (χ3v) is 4.87. The van der Waals surface area contributed by atoms with Gasteiger partial charge in [-0.15, -0.1) is 0 Å². The van der Waals surface area contributed by atoms with Crippen molar-refractivity contribution in [1.29, 1.82) is 0 Å². The van der Waals surface area contributed by atoms with Gasteiger partial charge >= 0.3 is 0 Å². The largest absolute Gasteiger partial charge is 0.338 e. The van der Waals surface area contributed by atoms with Gasteiger partial charge in [0, 0.05) is 36.5 Å². The first kappa shape index (κ1) is 16.5. The van der Waals surface area contributed by atoms with Crippen molar-refractivity contribution >= 4 is 5.91 Å². The lowest BCUT2D eigenvalue weighted by molar-refractivity contribution is 0.0706. The predicted molar refractivity (Wildman–Crippen MR) is 97.8 cm³/mol. The van der Waals surface area contributed by atoms with Gasteiger partial charge in [-0.25, -0.2) is 9.37 Å². The molecule has 1 aliphatic rings. The fraction of sp³-hybridized carbons (Fsp3) is 0.238. The Labute approximate surface area is 151 Å². The van der Waals surface area contributed by atoms with Crippen molar-refractivity contribution in [2.45, 2.75) is 18.8 Å². The number of amides is 1. The van der Waals surface area contributed by atoms with Gasteiger partial charge in [-0.05, 0) is 49.2 Å². The Kier molecular flexibility index (Phi) is 4.52. The van der Waals surface area contributed by atoms with E-state index in [0.717, 1.165) is 30.8 Å². The van der Waals surface area contributed by atoms with E-state index >= 15 is 0 Å². The van der Waals surface area contributed by atoms with Crippen LogP contribution in [0.1, 0.15) is 34.8 Å². The molecular formula is C21H20FN3O. The summed E-state index contributed by atoms with van der Waals surface area (Å²) in [5.74, 6) is -0.153. The Balaban J connectivity index is 1.49. The molecule has 1 saturated heterocycles. The van der Waals surface area contributed by atoms with E-state index in [0.29, 0.717) is 12.1 Å². The minimum atomic E-state index is -0.329. The normalized spacial score (nSPS) is 17.3. The molecule has 1 fully saturated rings. The van der Waals surface area contributed by atoms with Crippen LogP contribution in [0, 0.1) is 5.82 Å². The SMILES string of the molecule is O=C(c1ccc(F)cc1)N1CCCC(c2cn(-c3ccccc3)cn2)C1. The molecule has 132 valence electrons. The summed E-state index contributed by atoms with van der Waals surface area (Å²) in [6, 6.07) is 15.8. The number of piperidine rings is 1. The van der Waals surface area contributed by atoms with Gasteiger partial charge in [0.15, 0.2) is 0 Å². The van der Waals surface area contributed by atoms with E-state index in [-0.39, 0.29) is 17.6 Å². The van der Waals surface area contributed by atoms with Gasteiger partial charge in [-0.2, -0.15) is 0 Å². The molecular weight excluding hydrogens is 329 g/mol. The standard InChI is InChI=1S/C21H20FN3O/c22-18-10-8-16(9-11-18)21(26)24-12-4-5-17(13-24)20-14-25(15-23-20)19-6-2-1-3-7-19/h1-3,6-11,14-15,17H,4-5,12-13H2. The summed E-state index contributed by atoms with van der Waals surface area (Å²) in [5.41, 5.74) is 2.61. The summed E-state index contributed by atoms with van der Waals surface area (Å²) in [6.45, 7) is 1.37. The molecule has 4 rings (SSSR count). The average molecular weight is 349 g/mol. The molecule has 26 heavy (non-hydrogen) atoms. The molecule has 1 aromatic heterocycles. The number of carbonyl (C=O) groups is 1. The second-order valence-corrected chi connectivity index (χ2v) is 6.64. The Morgan fingerprint density at radius 3 is 2.62 bits per heavy atom. The number of imidazole rings is 1. The monoisotopic (exact) mass is 349 g/mol. The number of hydrogen-bond acceptors (Lipinski definition) is 2. The van der Waals surface area contributed by atoms with E-state index in [9.17, 15) is 9.18 Å². The van der Waals surface area contributed by atoms with Gasteiger partial charge in [0.25, 0.3) is 5.91 Å². The second-order valence-electron chi connectivity index (χ2n) is 6.64. The zero-order chi connectivity index (χ0) is 17.9. The van der Waals surface area contributed by atoms with Crippen LogP contribution in [0.3, 0.4) is 0 Å². The van der Waals surface area contributed by atoms with Gasteiger partial charge in [-0.3, -0.25) is 4.79 Å². The van der Waals surface area contributed by atoms with Crippen LogP contribution < -0.4 is 0 Å². The van der Waals surface area contributed by atoms with E-state index in [2.05, 4.69) is 4.98 Å². The van der Waals surface area contributed by atoms with Crippen LogP contribution in [0.15, 0.2) is 67.1 Å². The molecule has 0 N–H and O–H groups in total. The fourth-order valence-electron chi connectivity index (χ4n) is 3.47. The highest BCUT2D eigenvalue weighted by Gasteiger charge is 2.26. The summed E-state index contributed by atoms with van der Waals surface area (Å²) in [5, 5.41) is 0. The van der Waals surface area contributed by atoms with Crippen molar-refractivity contribution in [1.82, 2.24) is 14.5 Å². The first-order chi connectivity index (χ1) is 12.7. The molecule has 0 spiro atoms. The van der Waals surface area contributed by atoms with Crippen molar-refractivity contribution in [3.05, 3.63) is 84.2 Å². The topological polar surface area (TPSA) is 38.1 Å². The maximum Gasteiger partial charge on any atom is 0.253 e. The Morgan fingerprint density at radius 1 is 1.08 bits per heavy atom. The Morgan fingerprint density at radius 2 is 1.85 bits per heavy atom. The van der Waals surface area contributed by atoms with Crippen molar-refractivity contribution in [2.75, 3.05) is 13.1 Å². The summed E-state index contributed by atoms with van der Waals surface area (Å²) >= 11 is 0. The second kappa shape index (κ2) is 7.12.